The third kappa shape index (κ3) is 12.1. The number of amides is 4. The first kappa shape index (κ1) is 36.4. The summed E-state index contributed by atoms with van der Waals surface area (Å²) in [4.78, 5) is 61.8. The van der Waals surface area contributed by atoms with E-state index in [1.807, 2.05) is 27.7 Å². The van der Waals surface area contributed by atoms with Gasteiger partial charge in [-0.2, -0.15) is 0 Å². The number of carbonyl (C=O) groups excluding carboxylic acids is 4. The number of pyridine rings is 2. The Morgan fingerprint density at radius 2 is 1.09 bits per heavy atom. The van der Waals surface area contributed by atoms with Crippen LogP contribution in [0.2, 0.25) is 0 Å². The molecule has 2 rings (SSSR count). The smallest absolute Gasteiger partial charge is 0.263 e. The van der Waals surface area contributed by atoms with Crippen molar-refractivity contribution in [3.63, 3.8) is 0 Å². The third-order valence-corrected chi connectivity index (χ3v) is 8.18. The zero-order chi connectivity index (χ0) is 32.3. The van der Waals surface area contributed by atoms with Crippen molar-refractivity contribution in [1.82, 2.24) is 31.0 Å². The van der Waals surface area contributed by atoms with Gasteiger partial charge in [0.1, 0.15) is 12.1 Å². The number of carbonyl (C=O) groups is 4. The number of aromatic nitrogens is 2. The van der Waals surface area contributed by atoms with E-state index in [1.165, 1.54) is 55.5 Å². The number of hydrogen-bond acceptors (Lipinski definition) is 6. The van der Waals surface area contributed by atoms with Gasteiger partial charge in [0.15, 0.2) is 0 Å². The van der Waals surface area contributed by atoms with Gasteiger partial charge in [-0.25, -0.2) is 0 Å². The Morgan fingerprint density at radius 1 is 0.659 bits per heavy atom. The molecule has 4 amide bonds. The largest absolute Gasteiger partial charge is 0.340 e. The highest BCUT2D eigenvalue weighted by atomic mass is 16.2. The number of hydrogen-bond donors (Lipinski definition) is 3. The Balaban J connectivity index is 2.24. The van der Waals surface area contributed by atoms with Gasteiger partial charge in [-0.3, -0.25) is 39.6 Å². The highest BCUT2D eigenvalue weighted by molar-refractivity contribution is 5.99. The molecule has 0 saturated heterocycles. The van der Waals surface area contributed by atoms with E-state index < -0.39 is 23.9 Å². The van der Waals surface area contributed by atoms with Gasteiger partial charge in [-0.15, -0.1) is 0 Å². The molecular weight excluding hydrogens is 556 g/mol. The average molecular weight is 609 g/mol. The van der Waals surface area contributed by atoms with Crippen molar-refractivity contribution in [2.75, 3.05) is 6.54 Å². The summed E-state index contributed by atoms with van der Waals surface area (Å²) in [5.74, 6) is -2.03. The molecule has 10 heteroatoms. The van der Waals surface area contributed by atoms with Crippen molar-refractivity contribution in [2.45, 2.75) is 111 Å². The fraction of sp³-hybridized carbons (Fsp3) is 0.588. The monoisotopic (exact) mass is 608 g/mol. The van der Waals surface area contributed by atoms with Crippen LogP contribution in [0.15, 0.2) is 49.1 Å². The van der Waals surface area contributed by atoms with E-state index in [4.69, 9.17) is 0 Å². The first-order chi connectivity index (χ1) is 21.2. The molecule has 3 N–H and O–H groups in total. The van der Waals surface area contributed by atoms with Crippen LogP contribution in [0.3, 0.4) is 0 Å². The van der Waals surface area contributed by atoms with E-state index >= 15 is 0 Å². The van der Waals surface area contributed by atoms with Crippen molar-refractivity contribution in [3.05, 3.63) is 60.2 Å². The molecule has 4 atom stereocenters. The lowest BCUT2D eigenvalue weighted by atomic mass is 9.97. The molecule has 0 aromatic carbocycles. The van der Waals surface area contributed by atoms with Crippen LogP contribution in [0, 0.1) is 11.8 Å². The molecule has 0 spiro atoms. The second-order valence-electron chi connectivity index (χ2n) is 11.6. The van der Waals surface area contributed by atoms with Crippen LogP contribution in [0.4, 0.5) is 0 Å². The minimum atomic E-state index is -0.872. The fourth-order valence-electron chi connectivity index (χ4n) is 4.84. The van der Waals surface area contributed by atoms with Gasteiger partial charge in [0, 0.05) is 42.5 Å². The first-order valence-electron chi connectivity index (χ1n) is 16.3. The highest BCUT2D eigenvalue weighted by Gasteiger charge is 2.34. The summed E-state index contributed by atoms with van der Waals surface area (Å²) < 4.78 is 0. The molecule has 0 radical (unpaired) electrons. The summed E-state index contributed by atoms with van der Waals surface area (Å²) >= 11 is 0. The van der Waals surface area contributed by atoms with Crippen molar-refractivity contribution < 1.29 is 19.2 Å². The summed E-state index contributed by atoms with van der Waals surface area (Å²) in [5, 5.41) is 7.10. The van der Waals surface area contributed by atoms with E-state index in [1.54, 1.807) is 24.3 Å². The zero-order valence-electron chi connectivity index (χ0n) is 27.2. The van der Waals surface area contributed by atoms with Crippen LogP contribution in [-0.2, 0) is 9.59 Å². The Kier molecular flexibility index (Phi) is 16.7. The fourth-order valence-corrected chi connectivity index (χ4v) is 4.84. The highest BCUT2D eigenvalue weighted by Crippen LogP contribution is 2.15. The van der Waals surface area contributed by atoms with Crippen LogP contribution in [0.5, 0.6) is 0 Å². The molecule has 0 aliphatic heterocycles. The van der Waals surface area contributed by atoms with Crippen LogP contribution < -0.4 is 16.1 Å². The first-order valence-corrected chi connectivity index (χ1v) is 16.3. The van der Waals surface area contributed by atoms with Crippen molar-refractivity contribution >= 4 is 23.6 Å². The number of hydrazine groups is 1. The molecule has 10 nitrogen and oxygen atoms in total. The molecule has 0 aliphatic carbocycles. The molecule has 0 bridgehead atoms. The van der Waals surface area contributed by atoms with E-state index in [9.17, 15) is 19.2 Å². The molecule has 2 heterocycles. The molecule has 0 aliphatic rings. The number of unbranched alkanes of at least 4 members (excludes halogenated alkanes) is 7. The Labute approximate surface area is 263 Å². The maximum atomic E-state index is 14.1. The Hall–Kier alpha value is -3.82. The Bertz CT molecular complexity index is 1150. The lowest BCUT2D eigenvalue weighted by molar-refractivity contribution is -0.145. The van der Waals surface area contributed by atoms with Gasteiger partial charge in [0.25, 0.3) is 23.6 Å². The quantitative estimate of drug-likeness (QED) is 0.143. The molecule has 2 aromatic rings. The number of rotatable bonds is 19. The van der Waals surface area contributed by atoms with Crippen molar-refractivity contribution in [3.8, 4) is 0 Å². The van der Waals surface area contributed by atoms with Crippen molar-refractivity contribution in [1.29, 1.82) is 0 Å². The van der Waals surface area contributed by atoms with Gasteiger partial charge >= 0.3 is 0 Å². The maximum absolute atomic E-state index is 14.1. The predicted molar refractivity (Wildman–Crippen MR) is 172 cm³/mol. The summed E-state index contributed by atoms with van der Waals surface area (Å²) in [6.45, 7) is 10.2. The van der Waals surface area contributed by atoms with E-state index in [-0.39, 0.29) is 23.7 Å². The van der Waals surface area contributed by atoms with Crippen LogP contribution >= 0.6 is 0 Å². The molecule has 44 heavy (non-hydrogen) atoms. The van der Waals surface area contributed by atoms with Crippen molar-refractivity contribution in [2.24, 2.45) is 11.8 Å². The third-order valence-electron chi connectivity index (χ3n) is 8.18. The normalized spacial score (nSPS) is 13.7. The second-order valence-corrected chi connectivity index (χ2v) is 11.6. The molecule has 0 saturated carbocycles. The molecular formula is C34H52N6O4. The van der Waals surface area contributed by atoms with Crippen LogP contribution in [-0.4, -0.2) is 57.2 Å². The predicted octanol–water partition coefficient (Wildman–Crippen LogP) is 5.47. The van der Waals surface area contributed by atoms with E-state index in [2.05, 4.69) is 33.0 Å². The second kappa shape index (κ2) is 20.2. The number of nitrogens with one attached hydrogen (secondary N) is 3. The lowest BCUT2D eigenvalue weighted by Gasteiger charge is -2.33. The Morgan fingerprint density at radius 3 is 1.57 bits per heavy atom. The van der Waals surface area contributed by atoms with Gasteiger partial charge in [0.2, 0.25) is 0 Å². The molecule has 2 aromatic heterocycles. The molecule has 0 fully saturated rings. The maximum Gasteiger partial charge on any atom is 0.263 e. The van der Waals surface area contributed by atoms with Gasteiger partial charge in [0.05, 0.1) is 0 Å². The lowest BCUT2D eigenvalue weighted by Crippen LogP contribution is -2.60. The summed E-state index contributed by atoms with van der Waals surface area (Å²) in [5.41, 5.74) is 3.63. The van der Waals surface area contributed by atoms with Crippen LogP contribution in [0.1, 0.15) is 120 Å². The van der Waals surface area contributed by atoms with E-state index in [0.717, 1.165) is 19.3 Å². The van der Waals surface area contributed by atoms with E-state index in [0.29, 0.717) is 36.9 Å². The topological polar surface area (TPSA) is 133 Å². The summed E-state index contributed by atoms with van der Waals surface area (Å²) in [6, 6.07) is 4.62. The molecule has 242 valence electrons. The SMILES string of the molecule is CCCCCCCCCCN(NC(=O)[C@@H](NC(=O)c1ccncc1)C(C)CC)C(=O)[C@@H](NC(=O)c1ccncc1)C(C)CC. The van der Waals surface area contributed by atoms with Crippen LogP contribution in [0.25, 0.3) is 0 Å². The van der Waals surface area contributed by atoms with Gasteiger partial charge < -0.3 is 10.6 Å². The zero-order valence-corrected chi connectivity index (χ0v) is 27.2. The summed E-state index contributed by atoms with van der Waals surface area (Å²) in [7, 11) is 0. The standard InChI is InChI=1S/C34H52N6O4/c1-6-9-10-11-12-13-14-15-24-40(34(44)30(26(5)8-3)38-32(42)28-18-22-36-23-19-28)39-33(43)29(25(4)7-2)37-31(41)27-16-20-35-21-17-27/h16-23,25-26,29-30H,6-15,24H2,1-5H3,(H,37,41)(H,38,42)(H,39,43)/t25?,26?,29-,30-/m0/s1. The van der Waals surface area contributed by atoms with Gasteiger partial charge in [-0.1, -0.05) is 92.4 Å². The minimum Gasteiger partial charge on any atom is -0.340 e. The summed E-state index contributed by atoms with van der Waals surface area (Å²) in [6.07, 6.45) is 16.0. The average Bonchev–Trinajstić information content (AvgIpc) is 3.06. The van der Waals surface area contributed by atoms with Gasteiger partial charge in [-0.05, 0) is 42.5 Å². The minimum absolute atomic E-state index is 0.192. The molecule has 2 unspecified atom stereocenters. The number of nitrogens with zero attached hydrogens (tertiary/aromatic N) is 3.